The fraction of sp³-hybridized carbons (Fsp3) is 0.333. The van der Waals surface area contributed by atoms with Crippen molar-refractivity contribution < 1.29 is 0 Å². The van der Waals surface area contributed by atoms with Crippen molar-refractivity contribution in [1.82, 2.24) is 0 Å². The number of rotatable bonds is 1. The summed E-state index contributed by atoms with van der Waals surface area (Å²) in [5.41, 5.74) is 3.99. The molecule has 0 aromatic heterocycles. The summed E-state index contributed by atoms with van der Waals surface area (Å²) in [4.78, 5) is 0. The number of benzene rings is 1. The van der Waals surface area contributed by atoms with Gasteiger partial charge in [0.05, 0.1) is 0 Å². The molecule has 1 rings (SSSR count). The second kappa shape index (κ2) is 3.72. The van der Waals surface area contributed by atoms with Crippen LogP contribution >= 0.6 is 31.9 Å². The highest BCUT2D eigenvalue weighted by Gasteiger charge is 2.01. The molecule has 0 atom stereocenters. The molecule has 0 amide bonds. The molecule has 0 N–H and O–H groups in total. The maximum absolute atomic E-state index is 3.52. The SMILES string of the molecule is Cc1cc(Br)c(C)c(CBr)c1. The van der Waals surface area contributed by atoms with Gasteiger partial charge in [0.1, 0.15) is 0 Å². The van der Waals surface area contributed by atoms with Gasteiger partial charge in [-0.1, -0.05) is 37.9 Å². The number of hydrogen-bond acceptors (Lipinski definition) is 0. The average molecular weight is 278 g/mol. The van der Waals surface area contributed by atoms with Crippen molar-refractivity contribution in [1.29, 1.82) is 0 Å². The van der Waals surface area contributed by atoms with Crippen molar-refractivity contribution in [3.8, 4) is 0 Å². The fourth-order valence-corrected chi connectivity index (χ4v) is 2.22. The third kappa shape index (κ3) is 2.06. The summed E-state index contributed by atoms with van der Waals surface area (Å²) in [5, 5.41) is 0.930. The molecule has 0 aliphatic rings. The molecule has 0 aliphatic heterocycles. The first-order valence-electron chi connectivity index (χ1n) is 3.46. The molecular formula is C9H10Br2. The zero-order chi connectivity index (χ0) is 8.43. The second-order valence-corrected chi connectivity index (χ2v) is 4.08. The van der Waals surface area contributed by atoms with Crippen LogP contribution in [0.1, 0.15) is 16.7 Å². The fourth-order valence-electron chi connectivity index (χ4n) is 1.03. The van der Waals surface area contributed by atoms with Crippen molar-refractivity contribution in [3.63, 3.8) is 0 Å². The van der Waals surface area contributed by atoms with Crippen molar-refractivity contribution in [2.45, 2.75) is 19.2 Å². The van der Waals surface area contributed by atoms with Crippen LogP contribution in [0.5, 0.6) is 0 Å². The zero-order valence-corrected chi connectivity index (χ0v) is 9.79. The van der Waals surface area contributed by atoms with Crippen LogP contribution in [0.2, 0.25) is 0 Å². The first-order valence-corrected chi connectivity index (χ1v) is 5.38. The van der Waals surface area contributed by atoms with Crippen LogP contribution in [-0.2, 0) is 5.33 Å². The predicted octanol–water partition coefficient (Wildman–Crippen LogP) is 3.96. The summed E-state index contributed by atoms with van der Waals surface area (Å²) in [6.07, 6.45) is 0. The first kappa shape index (κ1) is 9.27. The number of hydrogen-bond donors (Lipinski definition) is 0. The van der Waals surface area contributed by atoms with Gasteiger partial charge in [-0.3, -0.25) is 0 Å². The lowest BCUT2D eigenvalue weighted by Gasteiger charge is -2.05. The Labute approximate surface area is 84.3 Å². The molecule has 0 spiro atoms. The molecule has 0 heterocycles. The Morgan fingerprint density at radius 3 is 2.45 bits per heavy atom. The van der Waals surface area contributed by atoms with Gasteiger partial charge in [0.25, 0.3) is 0 Å². The van der Waals surface area contributed by atoms with Gasteiger partial charge in [-0.2, -0.15) is 0 Å². The largest absolute Gasteiger partial charge is 0.0876 e. The summed E-state index contributed by atoms with van der Waals surface area (Å²) in [7, 11) is 0. The lowest BCUT2D eigenvalue weighted by Crippen LogP contribution is -1.87. The quantitative estimate of drug-likeness (QED) is 0.682. The van der Waals surface area contributed by atoms with E-state index in [4.69, 9.17) is 0 Å². The normalized spacial score (nSPS) is 10.2. The zero-order valence-electron chi connectivity index (χ0n) is 6.62. The van der Waals surface area contributed by atoms with E-state index in [0.717, 1.165) is 5.33 Å². The molecule has 0 saturated carbocycles. The molecular weight excluding hydrogens is 268 g/mol. The van der Waals surface area contributed by atoms with Gasteiger partial charge in [-0.05, 0) is 36.6 Å². The van der Waals surface area contributed by atoms with Crippen molar-refractivity contribution in [3.05, 3.63) is 33.3 Å². The maximum atomic E-state index is 3.52. The number of halogens is 2. The minimum Gasteiger partial charge on any atom is -0.0876 e. The molecule has 0 bridgehead atoms. The van der Waals surface area contributed by atoms with Crippen molar-refractivity contribution >= 4 is 31.9 Å². The van der Waals surface area contributed by atoms with Gasteiger partial charge in [-0.25, -0.2) is 0 Å². The van der Waals surface area contributed by atoms with Crippen LogP contribution in [0.15, 0.2) is 16.6 Å². The van der Waals surface area contributed by atoms with Crippen LogP contribution in [-0.4, -0.2) is 0 Å². The number of aryl methyl sites for hydroxylation is 1. The van der Waals surface area contributed by atoms with E-state index in [1.54, 1.807) is 0 Å². The Bertz CT molecular complexity index is 267. The Morgan fingerprint density at radius 1 is 1.27 bits per heavy atom. The van der Waals surface area contributed by atoms with E-state index in [1.165, 1.54) is 21.2 Å². The highest BCUT2D eigenvalue weighted by molar-refractivity contribution is 9.10. The maximum Gasteiger partial charge on any atom is 0.0286 e. The van der Waals surface area contributed by atoms with E-state index in [9.17, 15) is 0 Å². The third-order valence-corrected chi connectivity index (χ3v) is 3.17. The van der Waals surface area contributed by atoms with E-state index in [1.807, 2.05) is 0 Å². The van der Waals surface area contributed by atoms with E-state index in [2.05, 4.69) is 57.8 Å². The Morgan fingerprint density at radius 2 is 1.91 bits per heavy atom. The summed E-state index contributed by atoms with van der Waals surface area (Å²) in [6, 6.07) is 4.34. The van der Waals surface area contributed by atoms with Gasteiger partial charge >= 0.3 is 0 Å². The van der Waals surface area contributed by atoms with Crippen LogP contribution in [0.4, 0.5) is 0 Å². The molecule has 1 aromatic rings. The minimum atomic E-state index is 0.930. The topological polar surface area (TPSA) is 0 Å². The van der Waals surface area contributed by atoms with Crippen molar-refractivity contribution in [2.75, 3.05) is 0 Å². The van der Waals surface area contributed by atoms with E-state index in [0.29, 0.717) is 0 Å². The number of alkyl halides is 1. The van der Waals surface area contributed by atoms with Gasteiger partial charge in [0, 0.05) is 9.80 Å². The molecule has 0 fully saturated rings. The van der Waals surface area contributed by atoms with Gasteiger partial charge in [0.15, 0.2) is 0 Å². The molecule has 2 heteroatoms. The lowest BCUT2D eigenvalue weighted by atomic mass is 10.1. The van der Waals surface area contributed by atoms with E-state index in [-0.39, 0.29) is 0 Å². The summed E-state index contributed by atoms with van der Waals surface area (Å²) in [5.74, 6) is 0. The molecule has 1 aromatic carbocycles. The van der Waals surface area contributed by atoms with Crippen LogP contribution in [0.25, 0.3) is 0 Å². The average Bonchev–Trinajstić information content (AvgIpc) is 1.96. The molecule has 0 radical (unpaired) electrons. The van der Waals surface area contributed by atoms with Crippen LogP contribution in [0, 0.1) is 13.8 Å². The molecule has 0 saturated heterocycles. The molecule has 0 aliphatic carbocycles. The standard InChI is InChI=1S/C9H10Br2/c1-6-3-8(5-10)7(2)9(11)4-6/h3-4H,5H2,1-2H3. The molecule has 0 nitrogen and oxygen atoms in total. The van der Waals surface area contributed by atoms with Crippen molar-refractivity contribution in [2.24, 2.45) is 0 Å². The Balaban J connectivity index is 3.24. The summed E-state index contributed by atoms with van der Waals surface area (Å²) in [6.45, 7) is 4.23. The highest BCUT2D eigenvalue weighted by Crippen LogP contribution is 2.23. The van der Waals surface area contributed by atoms with Crippen LogP contribution < -0.4 is 0 Å². The molecule has 11 heavy (non-hydrogen) atoms. The van der Waals surface area contributed by atoms with Crippen LogP contribution in [0.3, 0.4) is 0 Å². The second-order valence-electron chi connectivity index (χ2n) is 2.66. The van der Waals surface area contributed by atoms with Gasteiger partial charge in [-0.15, -0.1) is 0 Å². The van der Waals surface area contributed by atoms with Gasteiger partial charge in [0.2, 0.25) is 0 Å². The summed E-state index contributed by atoms with van der Waals surface area (Å²) < 4.78 is 1.20. The van der Waals surface area contributed by atoms with Gasteiger partial charge < -0.3 is 0 Å². The highest BCUT2D eigenvalue weighted by atomic mass is 79.9. The summed E-state index contributed by atoms with van der Waals surface area (Å²) >= 11 is 6.97. The Hall–Kier alpha value is 0.180. The van der Waals surface area contributed by atoms with E-state index >= 15 is 0 Å². The minimum absolute atomic E-state index is 0.930. The molecule has 60 valence electrons. The molecule has 0 unspecified atom stereocenters. The third-order valence-electron chi connectivity index (χ3n) is 1.74. The first-order chi connectivity index (χ1) is 5.15. The monoisotopic (exact) mass is 276 g/mol. The van der Waals surface area contributed by atoms with E-state index < -0.39 is 0 Å². The predicted molar refractivity (Wildman–Crippen MR) is 56.2 cm³/mol. The Kier molecular flexibility index (Phi) is 3.14. The lowest BCUT2D eigenvalue weighted by molar-refractivity contribution is 1.26. The smallest absolute Gasteiger partial charge is 0.0286 e.